The Morgan fingerprint density at radius 2 is 1.77 bits per heavy atom. The van der Waals surface area contributed by atoms with Crippen molar-refractivity contribution in [2.75, 3.05) is 20.7 Å². The number of piperidine rings is 1. The van der Waals surface area contributed by atoms with Gasteiger partial charge in [0.05, 0.1) is 32.8 Å². The van der Waals surface area contributed by atoms with E-state index in [1.807, 2.05) is 0 Å². The zero-order valence-electron chi connectivity index (χ0n) is 17.7. The number of carbonyl (C=O) groups excluding carboxylic acids is 1. The van der Waals surface area contributed by atoms with Gasteiger partial charge in [0.15, 0.2) is 5.60 Å². The molecule has 1 aromatic carbocycles. The third-order valence-electron chi connectivity index (χ3n) is 7.90. The third kappa shape index (κ3) is 4.17. The van der Waals surface area contributed by atoms with E-state index in [2.05, 4.69) is 14.1 Å². The Hall–Kier alpha value is -1.05. The average Bonchev–Trinajstić information content (AvgIpc) is 3.08. The molecule has 2 saturated heterocycles. The zero-order chi connectivity index (χ0) is 20.9. The molecule has 0 radical (unpaired) electrons. The Balaban J connectivity index is 0.00000256. The van der Waals surface area contributed by atoms with E-state index in [0.29, 0.717) is 17.6 Å². The number of rotatable bonds is 5. The maximum Gasteiger partial charge on any atom is 0.343 e. The van der Waals surface area contributed by atoms with Gasteiger partial charge in [0, 0.05) is 50.4 Å². The summed E-state index contributed by atoms with van der Waals surface area (Å²) in [6.45, 7) is 0.254. The summed E-state index contributed by atoms with van der Waals surface area (Å²) >= 11 is 0. The van der Waals surface area contributed by atoms with E-state index in [0.717, 1.165) is 17.3 Å². The molecule has 1 N–H and O–H groups in total. The van der Waals surface area contributed by atoms with Crippen LogP contribution < -0.4 is 17.0 Å². The maximum absolute atomic E-state index is 13.9. The fraction of sp³-hybridized carbons (Fsp3) is 0.696. The number of alkyl halides is 2. The number of hydrogen-bond acceptors (Lipinski definition) is 3. The molecule has 168 valence electrons. The highest BCUT2D eigenvalue weighted by Gasteiger charge is 2.55. The molecule has 3 fully saturated rings. The van der Waals surface area contributed by atoms with Crippen molar-refractivity contribution in [3.05, 3.63) is 35.9 Å². The van der Waals surface area contributed by atoms with Gasteiger partial charge in [-0.3, -0.25) is 0 Å². The number of carbonyl (C=O) groups is 1. The zero-order valence-corrected chi connectivity index (χ0v) is 19.3. The molecule has 2 bridgehead atoms. The van der Waals surface area contributed by atoms with Crippen molar-refractivity contribution in [2.24, 2.45) is 11.8 Å². The van der Waals surface area contributed by atoms with Crippen molar-refractivity contribution < 1.29 is 44.9 Å². The molecule has 0 aromatic heterocycles. The van der Waals surface area contributed by atoms with Crippen LogP contribution in [0.15, 0.2) is 30.3 Å². The summed E-state index contributed by atoms with van der Waals surface area (Å²) in [6, 6.07) is 9.60. The molecule has 2 aliphatic heterocycles. The second kappa shape index (κ2) is 8.47. The molecule has 7 heteroatoms. The topological polar surface area (TPSA) is 46.5 Å². The summed E-state index contributed by atoms with van der Waals surface area (Å²) in [6.07, 6.45) is 3.71. The van der Waals surface area contributed by atoms with E-state index in [9.17, 15) is 18.7 Å². The fourth-order valence-electron chi connectivity index (χ4n) is 5.95. The van der Waals surface area contributed by atoms with Gasteiger partial charge in [0.1, 0.15) is 0 Å². The van der Waals surface area contributed by atoms with Gasteiger partial charge in [-0.25, -0.2) is 13.6 Å². The standard InChI is InChI=1S/C23H32F2NO3.BrH/c1-26(2)19-8-9-20(26)13-16(12-19)15-29-21(27)23(28,17-6-4-3-5-7-17)18-10-11-22(24,25)14-18;/h3-7,16,18-20,28H,8-15H2,1-2H3;1H/q+1;/p-1/t16-,18-,19-,20+,23+;/m1./s1. The monoisotopic (exact) mass is 487 g/mol. The van der Waals surface area contributed by atoms with Crippen molar-refractivity contribution >= 4 is 5.97 Å². The quantitative estimate of drug-likeness (QED) is 0.495. The molecule has 0 unspecified atom stereocenters. The Morgan fingerprint density at radius 3 is 2.30 bits per heavy atom. The molecule has 1 aliphatic carbocycles. The first-order chi connectivity index (χ1) is 13.6. The molecular weight excluding hydrogens is 456 g/mol. The van der Waals surface area contributed by atoms with Gasteiger partial charge in [-0.05, 0) is 12.0 Å². The number of hydrogen-bond donors (Lipinski definition) is 1. The number of fused-ring (bicyclic) bond motifs is 2. The Kier molecular flexibility index (Phi) is 6.67. The first-order valence-electron chi connectivity index (χ1n) is 10.8. The van der Waals surface area contributed by atoms with E-state index >= 15 is 0 Å². The molecule has 5 atom stereocenters. The summed E-state index contributed by atoms with van der Waals surface area (Å²) in [5.74, 6) is -4.20. The Morgan fingerprint density at radius 1 is 1.17 bits per heavy atom. The highest BCUT2D eigenvalue weighted by atomic mass is 79.9. The van der Waals surface area contributed by atoms with E-state index < -0.39 is 29.8 Å². The summed E-state index contributed by atoms with van der Waals surface area (Å²) in [7, 11) is 4.55. The molecule has 4 rings (SSSR count). The first-order valence-corrected chi connectivity index (χ1v) is 10.8. The largest absolute Gasteiger partial charge is 1.00 e. The number of nitrogens with zero attached hydrogens (tertiary/aromatic N) is 1. The van der Waals surface area contributed by atoms with Crippen LogP contribution in [0, 0.1) is 11.8 Å². The van der Waals surface area contributed by atoms with E-state index in [4.69, 9.17) is 4.74 Å². The second-order valence-electron chi connectivity index (χ2n) is 9.88. The number of esters is 1. The highest BCUT2D eigenvalue weighted by Crippen LogP contribution is 2.48. The van der Waals surface area contributed by atoms with E-state index in [1.165, 1.54) is 12.8 Å². The summed E-state index contributed by atoms with van der Waals surface area (Å²) in [5, 5.41) is 11.4. The molecule has 3 aliphatic rings. The lowest BCUT2D eigenvalue weighted by Crippen LogP contribution is -3.00. The lowest BCUT2D eigenvalue weighted by atomic mass is 9.80. The minimum Gasteiger partial charge on any atom is -1.00 e. The number of aliphatic hydroxyl groups is 1. The number of ether oxygens (including phenoxy) is 1. The summed E-state index contributed by atoms with van der Waals surface area (Å²) < 4.78 is 34.4. The molecule has 2 heterocycles. The Labute approximate surface area is 188 Å². The smallest absolute Gasteiger partial charge is 0.343 e. The van der Waals surface area contributed by atoms with Gasteiger partial charge >= 0.3 is 5.97 Å². The van der Waals surface area contributed by atoms with Crippen LogP contribution in [0.25, 0.3) is 0 Å². The van der Waals surface area contributed by atoms with Crippen LogP contribution in [0.4, 0.5) is 8.78 Å². The molecule has 1 aromatic rings. The first kappa shape index (κ1) is 23.6. The van der Waals surface area contributed by atoms with Crippen molar-refractivity contribution in [1.29, 1.82) is 0 Å². The van der Waals surface area contributed by atoms with Crippen molar-refractivity contribution in [3.8, 4) is 0 Å². The minimum atomic E-state index is -2.85. The van der Waals surface area contributed by atoms with Crippen LogP contribution in [0.1, 0.15) is 50.5 Å². The van der Waals surface area contributed by atoms with Gasteiger partial charge in [-0.15, -0.1) is 0 Å². The Bertz CT molecular complexity index is 744. The fourth-order valence-corrected chi connectivity index (χ4v) is 5.95. The van der Waals surface area contributed by atoms with Crippen LogP contribution in [0.3, 0.4) is 0 Å². The predicted octanol–water partition coefficient (Wildman–Crippen LogP) is 0.874. The van der Waals surface area contributed by atoms with Crippen LogP contribution in [-0.4, -0.2) is 54.3 Å². The van der Waals surface area contributed by atoms with Gasteiger partial charge in [0.2, 0.25) is 5.92 Å². The van der Waals surface area contributed by atoms with Crippen LogP contribution in [0.5, 0.6) is 0 Å². The summed E-state index contributed by atoms with van der Waals surface area (Å²) in [5.41, 5.74) is -1.68. The van der Waals surface area contributed by atoms with Crippen molar-refractivity contribution in [3.63, 3.8) is 0 Å². The minimum absolute atomic E-state index is 0. The lowest BCUT2D eigenvalue weighted by Gasteiger charge is -2.44. The molecule has 0 amide bonds. The number of quaternary nitrogens is 1. The van der Waals surface area contributed by atoms with Gasteiger partial charge in [-0.1, -0.05) is 30.3 Å². The van der Waals surface area contributed by atoms with Crippen molar-refractivity contribution in [2.45, 2.75) is 68.6 Å². The van der Waals surface area contributed by atoms with Gasteiger partial charge < -0.3 is 31.3 Å². The maximum atomic E-state index is 13.9. The number of halogens is 3. The number of benzene rings is 1. The highest BCUT2D eigenvalue weighted by molar-refractivity contribution is 5.81. The van der Waals surface area contributed by atoms with Crippen molar-refractivity contribution in [1.82, 2.24) is 0 Å². The average molecular weight is 488 g/mol. The van der Waals surface area contributed by atoms with Crippen LogP contribution in [0.2, 0.25) is 0 Å². The van der Waals surface area contributed by atoms with Gasteiger partial charge in [-0.2, -0.15) is 0 Å². The molecular formula is C23H32BrF2NO3. The van der Waals surface area contributed by atoms with Gasteiger partial charge in [0.25, 0.3) is 0 Å². The normalized spacial score (nSPS) is 33.4. The third-order valence-corrected chi connectivity index (χ3v) is 7.90. The molecule has 1 saturated carbocycles. The van der Waals surface area contributed by atoms with E-state index in [-0.39, 0.29) is 42.3 Å². The van der Waals surface area contributed by atoms with Crippen LogP contribution in [-0.2, 0) is 15.1 Å². The predicted molar refractivity (Wildman–Crippen MR) is 105 cm³/mol. The SMILES string of the molecule is C[N+]1(C)[C@@H]2CC[C@H]1C[C@H](COC(=O)[C@](O)(c1ccccc1)[C@@H]1CCC(F)(F)C1)C2.[Br-]. The second-order valence-corrected chi connectivity index (χ2v) is 9.88. The van der Waals surface area contributed by atoms with E-state index in [1.54, 1.807) is 30.3 Å². The summed E-state index contributed by atoms with van der Waals surface area (Å²) in [4.78, 5) is 13.1. The molecule has 30 heavy (non-hydrogen) atoms. The molecule has 0 spiro atoms. The lowest BCUT2D eigenvalue weighted by molar-refractivity contribution is -0.931. The van der Waals surface area contributed by atoms with Crippen LogP contribution >= 0.6 is 0 Å². The molecule has 4 nitrogen and oxygen atoms in total.